The first-order valence-electron chi connectivity index (χ1n) is 9.66. The predicted octanol–water partition coefficient (Wildman–Crippen LogP) is 4.94. The van der Waals surface area contributed by atoms with Gasteiger partial charge in [-0.25, -0.2) is 18.8 Å². The van der Waals surface area contributed by atoms with E-state index < -0.39 is 17.7 Å². The van der Waals surface area contributed by atoms with Crippen molar-refractivity contribution in [2.75, 3.05) is 5.32 Å². The Balaban J connectivity index is 1.55. The number of fused-ring (bicyclic) bond motifs is 1. The topological polar surface area (TPSA) is 66.4 Å². The largest absolute Gasteiger partial charge is 0.329 e. The molecule has 2 atom stereocenters. The van der Waals surface area contributed by atoms with Gasteiger partial charge in [-0.05, 0) is 42.2 Å². The quantitative estimate of drug-likeness (QED) is 0.612. The number of halogens is 2. The van der Waals surface area contributed by atoms with Crippen molar-refractivity contribution in [2.24, 2.45) is 10.9 Å². The zero-order valence-electron chi connectivity index (χ0n) is 16.1. The number of thiazole rings is 1. The number of nitrogens with zero attached hydrogens (tertiary/aromatic N) is 2. The van der Waals surface area contributed by atoms with Gasteiger partial charge in [0.25, 0.3) is 0 Å². The van der Waals surface area contributed by atoms with Crippen molar-refractivity contribution in [1.82, 2.24) is 10.3 Å². The van der Waals surface area contributed by atoms with E-state index in [0.717, 1.165) is 22.0 Å². The normalized spacial score (nSPS) is 21.3. The highest BCUT2D eigenvalue weighted by Crippen LogP contribution is 2.38. The highest BCUT2D eigenvalue weighted by molar-refractivity contribution is 7.22. The Kier molecular flexibility index (Phi) is 4.58. The molecule has 0 unspecified atom stereocenters. The molecule has 3 aromatic rings. The number of ketones is 1. The van der Waals surface area contributed by atoms with Crippen LogP contribution in [0.5, 0.6) is 0 Å². The molecule has 2 N–H and O–H groups in total. The standard InChI is InChI=1S/C22H18F2N4OS/c1-11-6-16-19(17(29)7-11)20(12-8-13(23)10-14(24)9-12)27-21(25-16)28-22-26-15-4-2-3-5-18(15)30-22/h2-5,8-11,20H,6-7H2,1H3,(H2,25,26,27,28)/t11-,20+/m0/s1. The summed E-state index contributed by atoms with van der Waals surface area (Å²) in [4.78, 5) is 21.9. The van der Waals surface area contributed by atoms with Crippen molar-refractivity contribution >= 4 is 38.4 Å². The summed E-state index contributed by atoms with van der Waals surface area (Å²) in [5, 5.41) is 7.03. The van der Waals surface area contributed by atoms with E-state index in [1.165, 1.54) is 23.5 Å². The molecule has 0 radical (unpaired) electrons. The van der Waals surface area contributed by atoms with Crippen molar-refractivity contribution in [1.29, 1.82) is 0 Å². The molecule has 1 aliphatic heterocycles. The number of hydrogen-bond acceptors (Lipinski definition) is 6. The minimum absolute atomic E-state index is 0.0475. The van der Waals surface area contributed by atoms with Gasteiger partial charge in [0.1, 0.15) is 17.7 Å². The molecule has 0 saturated heterocycles. The Morgan fingerprint density at radius 1 is 1.13 bits per heavy atom. The fraction of sp³-hybridized carbons (Fsp3) is 0.227. The van der Waals surface area contributed by atoms with Gasteiger partial charge in [-0.15, -0.1) is 0 Å². The third-order valence-electron chi connectivity index (χ3n) is 5.23. The van der Waals surface area contributed by atoms with Crippen molar-refractivity contribution in [3.63, 3.8) is 0 Å². The van der Waals surface area contributed by atoms with E-state index in [4.69, 9.17) is 0 Å². The number of para-hydroxylation sites is 1. The second kappa shape index (κ2) is 7.28. The molecule has 0 spiro atoms. The van der Waals surface area contributed by atoms with E-state index in [2.05, 4.69) is 20.6 Å². The smallest absolute Gasteiger partial charge is 0.202 e. The van der Waals surface area contributed by atoms with Crippen LogP contribution in [0.25, 0.3) is 10.2 Å². The first-order chi connectivity index (χ1) is 14.5. The number of Topliss-reactive ketones (excluding diaryl/α,β-unsaturated/α-hetero) is 1. The molecule has 152 valence electrons. The van der Waals surface area contributed by atoms with Crippen LogP contribution in [0.2, 0.25) is 0 Å². The van der Waals surface area contributed by atoms with E-state index in [-0.39, 0.29) is 11.7 Å². The van der Waals surface area contributed by atoms with Crippen LogP contribution < -0.4 is 10.6 Å². The van der Waals surface area contributed by atoms with Gasteiger partial charge in [0.2, 0.25) is 5.96 Å². The average Bonchev–Trinajstić information content (AvgIpc) is 3.08. The number of carbonyl (C=O) groups is 1. The molecular formula is C22H18F2N4OS. The van der Waals surface area contributed by atoms with Crippen LogP contribution in [0.3, 0.4) is 0 Å². The Labute approximate surface area is 175 Å². The molecule has 0 amide bonds. The highest BCUT2D eigenvalue weighted by Gasteiger charge is 2.35. The lowest BCUT2D eigenvalue weighted by molar-refractivity contribution is -0.117. The molecule has 0 fully saturated rings. The maximum Gasteiger partial charge on any atom is 0.202 e. The van der Waals surface area contributed by atoms with Gasteiger partial charge in [-0.3, -0.25) is 4.79 Å². The second-order valence-electron chi connectivity index (χ2n) is 7.65. The van der Waals surface area contributed by atoms with E-state index in [9.17, 15) is 13.6 Å². The van der Waals surface area contributed by atoms with Crippen LogP contribution in [-0.4, -0.2) is 16.7 Å². The molecule has 0 saturated carbocycles. The molecule has 2 aliphatic rings. The number of hydrogen-bond donors (Lipinski definition) is 2. The first-order valence-corrected chi connectivity index (χ1v) is 10.5. The van der Waals surface area contributed by atoms with Crippen LogP contribution in [0.4, 0.5) is 13.9 Å². The minimum atomic E-state index is -0.775. The Hall–Kier alpha value is -3.13. The molecule has 30 heavy (non-hydrogen) atoms. The Morgan fingerprint density at radius 3 is 2.67 bits per heavy atom. The van der Waals surface area contributed by atoms with E-state index in [1.807, 2.05) is 31.2 Å². The van der Waals surface area contributed by atoms with Crippen molar-refractivity contribution in [3.05, 3.63) is 70.9 Å². The maximum atomic E-state index is 13.9. The number of carbonyl (C=O) groups excluding carboxylic acids is 1. The zero-order chi connectivity index (χ0) is 20.8. The average molecular weight is 424 g/mol. The minimum Gasteiger partial charge on any atom is -0.329 e. The van der Waals surface area contributed by atoms with E-state index >= 15 is 0 Å². The summed E-state index contributed by atoms with van der Waals surface area (Å²) in [5.41, 5.74) is 2.40. The fourth-order valence-corrected chi connectivity index (χ4v) is 4.86. The van der Waals surface area contributed by atoms with Gasteiger partial charge in [-0.1, -0.05) is 30.4 Å². The van der Waals surface area contributed by atoms with Gasteiger partial charge < -0.3 is 10.6 Å². The van der Waals surface area contributed by atoms with E-state index in [0.29, 0.717) is 35.1 Å². The predicted molar refractivity (Wildman–Crippen MR) is 113 cm³/mol. The molecular weight excluding hydrogens is 406 g/mol. The lowest BCUT2D eigenvalue weighted by atomic mass is 9.81. The monoisotopic (exact) mass is 424 g/mol. The van der Waals surface area contributed by atoms with Crippen LogP contribution in [-0.2, 0) is 4.79 Å². The van der Waals surface area contributed by atoms with Crippen LogP contribution >= 0.6 is 11.3 Å². The number of aliphatic imine (C=N–C) groups is 1. The number of aromatic nitrogens is 1. The fourth-order valence-electron chi connectivity index (χ4n) is 3.99. The third kappa shape index (κ3) is 3.47. The van der Waals surface area contributed by atoms with Gasteiger partial charge in [-0.2, -0.15) is 0 Å². The summed E-state index contributed by atoms with van der Waals surface area (Å²) < 4.78 is 28.8. The number of allylic oxidation sites excluding steroid dienone is 1. The van der Waals surface area contributed by atoms with Crippen molar-refractivity contribution in [2.45, 2.75) is 25.8 Å². The summed E-state index contributed by atoms with van der Waals surface area (Å²) in [5.74, 6) is -0.857. The van der Waals surface area contributed by atoms with Gasteiger partial charge in [0.05, 0.1) is 10.2 Å². The van der Waals surface area contributed by atoms with Gasteiger partial charge >= 0.3 is 0 Å². The van der Waals surface area contributed by atoms with E-state index in [1.54, 1.807) is 0 Å². The van der Waals surface area contributed by atoms with Gasteiger partial charge in [0, 0.05) is 23.8 Å². The summed E-state index contributed by atoms with van der Waals surface area (Å²) in [7, 11) is 0. The SMILES string of the molecule is C[C@@H]1CC(=O)C2=C(C1)NC(Nc1nc3ccccc3s1)=N[C@@H]2c1cc(F)cc(F)c1. The summed E-state index contributed by atoms with van der Waals surface area (Å²) in [6.45, 7) is 2.01. The number of anilines is 1. The lowest BCUT2D eigenvalue weighted by Crippen LogP contribution is -2.39. The molecule has 1 aliphatic carbocycles. The molecule has 1 aromatic heterocycles. The number of guanidine groups is 1. The van der Waals surface area contributed by atoms with Crippen LogP contribution in [0.1, 0.15) is 31.4 Å². The number of rotatable bonds is 2. The summed E-state index contributed by atoms with van der Waals surface area (Å²) >= 11 is 1.48. The molecule has 5 rings (SSSR count). The third-order valence-corrected chi connectivity index (χ3v) is 6.18. The van der Waals surface area contributed by atoms with Crippen molar-refractivity contribution < 1.29 is 13.6 Å². The lowest BCUT2D eigenvalue weighted by Gasteiger charge is -2.32. The zero-order valence-corrected chi connectivity index (χ0v) is 16.9. The van der Waals surface area contributed by atoms with Crippen LogP contribution in [0, 0.1) is 17.6 Å². The molecule has 2 heterocycles. The second-order valence-corrected chi connectivity index (χ2v) is 8.68. The van der Waals surface area contributed by atoms with Gasteiger partial charge in [0.15, 0.2) is 10.9 Å². The maximum absolute atomic E-state index is 13.9. The number of nitrogens with one attached hydrogen (secondary N) is 2. The molecule has 5 nitrogen and oxygen atoms in total. The highest BCUT2D eigenvalue weighted by atomic mass is 32.1. The Bertz CT molecular complexity index is 1180. The summed E-state index contributed by atoms with van der Waals surface area (Å²) in [6, 6.07) is 10.3. The first kappa shape index (κ1) is 18.9. The molecule has 8 heteroatoms. The van der Waals surface area contributed by atoms with Crippen LogP contribution in [0.15, 0.2) is 58.7 Å². The van der Waals surface area contributed by atoms with Crippen molar-refractivity contribution in [3.8, 4) is 0 Å². The Morgan fingerprint density at radius 2 is 1.90 bits per heavy atom. The number of benzene rings is 2. The summed E-state index contributed by atoms with van der Waals surface area (Å²) in [6.07, 6.45) is 1.06. The molecule has 2 aromatic carbocycles. The molecule has 0 bridgehead atoms.